The van der Waals surface area contributed by atoms with Gasteiger partial charge < -0.3 is 15.4 Å². The fourth-order valence-corrected chi connectivity index (χ4v) is 4.05. The van der Waals surface area contributed by atoms with Crippen LogP contribution in [0.4, 0.5) is 0 Å². The second-order valence-electron chi connectivity index (χ2n) is 7.60. The molecular formula is C21H28N4O2. The van der Waals surface area contributed by atoms with Gasteiger partial charge >= 0.3 is 0 Å². The average molecular weight is 368 g/mol. The quantitative estimate of drug-likeness (QED) is 0.770. The Balaban J connectivity index is 1.34. The van der Waals surface area contributed by atoms with E-state index in [1.54, 1.807) is 10.9 Å². The summed E-state index contributed by atoms with van der Waals surface area (Å²) in [5.41, 5.74) is 4.20. The number of rotatable bonds is 6. The highest BCUT2D eigenvalue weighted by Gasteiger charge is 2.23. The van der Waals surface area contributed by atoms with Crippen LogP contribution in [0.2, 0.25) is 0 Å². The summed E-state index contributed by atoms with van der Waals surface area (Å²) in [5, 5.41) is 11.0. The van der Waals surface area contributed by atoms with E-state index in [2.05, 4.69) is 28.7 Å². The van der Waals surface area contributed by atoms with E-state index in [0.717, 1.165) is 34.7 Å². The fourth-order valence-electron chi connectivity index (χ4n) is 4.05. The SMILES string of the molecule is Cc1ccc2c(c1)-c1c(cnn1CC(=O)NCCNC1CCCCC1)CO2. The molecule has 1 amide bonds. The van der Waals surface area contributed by atoms with E-state index in [-0.39, 0.29) is 12.5 Å². The van der Waals surface area contributed by atoms with Crippen molar-refractivity contribution in [2.45, 2.75) is 58.2 Å². The molecule has 0 unspecified atom stereocenters. The number of aromatic nitrogens is 2. The van der Waals surface area contributed by atoms with Gasteiger partial charge in [0.15, 0.2) is 0 Å². The number of amides is 1. The van der Waals surface area contributed by atoms with Crippen molar-refractivity contribution >= 4 is 5.91 Å². The molecule has 27 heavy (non-hydrogen) atoms. The molecule has 1 aromatic heterocycles. The van der Waals surface area contributed by atoms with E-state index < -0.39 is 0 Å². The van der Waals surface area contributed by atoms with Crippen LogP contribution in [0.3, 0.4) is 0 Å². The lowest BCUT2D eigenvalue weighted by atomic mass is 9.95. The second-order valence-corrected chi connectivity index (χ2v) is 7.60. The molecule has 1 fully saturated rings. The largest absolute Gasteiger partial charge is 0.488 e. The Morgan fingerprint density at radius 3 is 2.96 bits per heavy atom. The number of ether oxygens (including phenoxy) is 1. The summed E-state index contributed by atoms with van der Waals surface area (Å²) in [5.74, 6) is 0.846. The van der Waals surface area contributed by atoms with Crippen molar-refractivity contribution in [3.8, 4) is 17.0 Å². The summed E-state index contributed by atoms with van der Waals surface area (Å²) in [4.78, 5) is 12.4. The number of fused-ring (bicyclic) bond motifs is 3. The van der Waals surface area contributed by atoms with E-state index in [9.17, 15) is 4.79 Å². The lowest BCUT2D eigenvalue weighted by molar-refractivity contribution is -0.121. The van der Waals surface area contributed by atoms with Crippen LogP contribution in [0.5, 0.6) is 5.75 Å². The van der Waals surface area contributed by atoms with Gasteiger partial charge in [-0.15, -0.1) is 0 Å². The van der Waals surface area contributed by atoms with Crippen LogP contribution < -0.4 is 15.4 Å². The van der Waals surface area contributed by atoms with Gasteiger partial charge in [-0.05, 0) is 31.9 Å². The maximum atomic E-state index is 12.4. The minimum Gasteiger partial charge on any atom is -0.488 e. The van der Waals surface area contributed by atoms with Crippen LogP contribution in [0.1, 0.15) is 43.2 Å². The molecule has 144 valence electrons. The third-order valence-corrected chi connectivity index (χ3v) is 5.47. The van der Waals surface area contributed by atoms with Gasteiger partial charge in [-0.2, -0.15) is 5.10 Å². The third-order valence-electron chi connectivity index (χ3n) is 5.47. The first kappa shape index (κ1) is 18.0. The molecule has 0 spiro atoms. The Bertz CT molecular complexity index is 809. The van der Waals surface area contributed by atoms with Crippen molar-refractivity contribution in [2.75, 3.05) is 13.1 Å². The van der Waals surface area contributed by atoms with E-state index in [1.807, 2.05) is 12.1 Å². The molecule has 1 aliphatic carbocycles. The number of aryl methyl sites for hydroxylation is 1. The molecule has 2 aliphatic rings. The molecule has 0 saturated heterocycles. The normalized spacial score (nSPS) is 16.3. The summed E-state index contributed by atoms with van der Waals surface area (Å²) in [7, 11) is 0. The molecule has 1 aliphatic heterocycles. The van der Waals surface area contributed by atoms with Gasteiger partial charge in [0.05, 0.1) is 11.9 Å². The molecule has 0 bridgehead atoms. The van der Waals surface area contributed by atoms with E-state index in [4.69, 9.17) is 4.74 Å². The van der Waals surface area contributed by atoms with Crippen LogP contribution in [-0.2, 0) is 17.9 Å². The number of hydrogen-bond acceptors (Lipinski definition) is 4. The van der Waals surface area contributed by atoms with E-state index in [1.165, 1.54) is 32.1 Å². The molecule has 0 radical (unpaired) electrons. The Morgan fingerprint density at radius 1 is 1.26 bits per heavy atom. The van der Waals surface area contributed by atoms with Crippen molar-refractivity contribution < 1.29 is 9.53 Å². The molecule has 2 N–H and O–H groups in total. The zero-order chi connectivity index (χ0) is 18.6. The predicted molar refractivity (Wildman–Crippen MR) is 105 cm³/mol. The second kappa shape index (κ2) is 8.13. The Morgan fingerprint density at radius 2 is 2.11 bits per heavy atom. The molecule has 6 heteroatoms. The van der Waals surface area contributed by atoms with Gasteiger partial charge in [-0.1, -0.05) is 30.9 Å². The lowest BCUT2D eigenvalue weighted by Crippen LogP contribution is -2.39. The number of hydrogen-bond donors (Lipinski definition) is 2. The number of nitrogens with one attached hydrogen (secondary N) is 2. The van der Waals surface area contributed by atoms with Gasteiger partial charge in [-0.25, -0.2) is 0 Å². The zero-order valence-electron chi connectivity index (χ0n) is 16.0. The van der Waals surface area contributed by atoms with Crippen molar-refractivity contribution in [3.63, 3.8) is 0 Å². The van der Waals surface area contributed by atoms with Crippen LogP contribution >= 0.6 is 0 Å². The zero-order valence-corrected chi connectivity index (χ0v) is 16.0. The topological polar surface area (TPSA) is 68.2 Å². The van der Waals surface area contributed by atoms with Crippen LogP contribution in [-0.4, -0.2) is 34.8 Å². The van der Waals surface area contributed by atoms with Crippen molar-refractivity contribution in [2.24, 2.45) is 0 Å². The number of benzene rings is 1. The first-order valence-electron chi connectivity index (χ1n) is 9.99. The molecular weight excluding hydrogens is 340 g/mol. The van der Waals surface area contributed by atoms with Crippen molar-refractivity contribution in [1.29, 1.82) is 0 Å². The highest BCUT2D eigenvalue weighted by molar-refractivity contribution is 5.78. The Hall–Kier alpha value is -2.34. The van der Waals surface area contributed by atoms with Gasteiger partial charge in [0, 0.05) is 30.3 Å². The van der Waals surface area contributed by atoms with Gasteiger partial charge in [-0.3, -0.25) is 9.48 Å². The highest BCUT2D eigenvalue weighted by Crippen LogP contribution is 2.37. The summed E-state index contributed by atoms with van der Waals surface area (Å²) >= 11 is 0. The first-order valence-corrected chi connectivity index (χ1v) is 9.99. The molecule has 2 heterocycles. The maximum absolute atomic E-state index is 12.4. The summed E-state index contributed by atoms with van der Waals surface area (Å²) in [6, 6.07) is 6.74. The van der Waals surface area contributed by atoms with Crippen molar-refractivity contribution in [3.05, 3.63) is 35.5 Å². The van der Waals surface area contributed by atoms with Crippen molar-refractivity contribution in [1.82, 2.24) is 20.4 Å². The van der Waals surface area contributed by atoms with E-state index in [0.29, 0.717) is 19.2 Å². The predicted octanol–water partition coefficient (Wildman–Crippen LogP) is 2.79. The number of carbonyl (C=O) groups is 1. The molecule has 1 saturated carbocycles. The molecule has 2 aromatic rings. The highest BCUT2D eigenvalue weighted by atomic mass is 16.5. The third kappa shape index (κ3) is 4.16. The molecule has 6 nitrogen and oxygen atoms in total. The standard InChI is InChI=1S/C21H28N4O2/c1-15-7-8-19-18(11-15)21-16(14-27-19)12-24-25(21)13-20(26)23-10-9-22-17-5-3-2-4-6-17/h7-8,11-12,17,22H,2-6,9-10,13-14H2,1H3,(H,23,26). The maximum Gasteiger partial charge on any atom is 0.241 e. The first-order chi connectivity index (χ1) is 13.2. The van der Waals surface area contributed by atoms with Crippen LogP contribution in [0.15, 0.2) is 24.4 Å². The smallest absolute Gasteiger partial charge is 0.241 e. The van der Waals surface area contributed by atoms with Crippen LogP contribution in [0, 0.1) is 6.92 Å². The Labute approximate surface area is 160 Å². The fraction of sp³-hybridized carbons (Fsp3) is 0.524. The monoisotopic (exact) mass is 368 g/mol. The summed E-state index contributed by atoms with van der Waals surface area (Å²) < 4.78 is 7.59. The number of nitrogens with zero attached hydrogens (tertiary/aromatic N) is 2. The molecule has 4 rings (SSSR count). The Kier molecular flexibility index (Phi) is 5.43. The minimum absolute atomic E-state index is 0.00737. The minimum atomic E-state index is -0.00737. The molecule has 1 aromatic carbocycles. The van der Waals surface area contributed by atoms with Crippen LogP contribution in [0.25, 0.3) is 11.3 Å². The number of carbonyl (C=O) groups excluding carboxylic acids is 1. The van der Waals surface area contributed by atoms with Gasteiger partial charge in [0.1, 0.15) is 18.9 Å². The average Bonchev–Trinajstić information content (AvgIpc) is 3.09. The van der Waals surface area contributed by atoms with E-state index >= 15 is 0 Å². The lowest BCUT2D eigenvalue weighted by Gasteiger charge is -2.23. The summed E-state index contributed by atoms with van der Waals surface area (Å²) in [6.07, 6.45) is 8.32. The van der Waals surface area contributed by atoms with Gasteiger partial charge in [0.25, 0.3) is 0 Å². The van der Waals surface area contributed by atoms with Gasteiger partial charge in [0.2, 0.25) is 5.91 Å². The summed E-state index contributed by atoms with van der Waals surface area (Å²) in [6.45, 7) is 4.26. The molecule has 0 atom stereocenters.